The molecule has 0 radical (unpaired) electrons. The first-order chi connectivity index (χ1) is 14.4. The molecule has 1 aliphatic heterocycles. The van der Waals surface area contributed by atoms with Gasteiger partial charge in [-0.2, -0.15) is 0 Å². The summed E-state index contributed by atoms with van der Waals surface area (Å²) in [4.78, 5) is 17.5. The van der Waals surface area contributed by atoms with Crippen LogP contribution < -0.4 is 10.0 Å². The zero-order valence-corrected chi connectivity index (χ0v) is 18.4. The Hall–Kier alpha value is -2.42. The molecule has 3 aromatic rings. The molecule has 0 spiro atoms. The first-order valence-electron chi connectivity index (χ1n) is 9.59. The molecule has 1 amide bonds. The molecule has 9 heteroatoms. The van der Waals surface area contributed by atoms with Gasteiger partial charge >= 0.3 is 0 Å². The summed E-state index contributed by atoms with van der Waals surface area (Å²) in [6.07, 6.45) is 3.52. The summed E-state index contributed by atoms with van der Waals surface area (Å²) in [5.41, 5.74) is 0.374. The van der Waals surface area contributed by atoms with E-state index in [9.17, 15) is 13.2 Å². The maximum absolute atomic E-state index is 12.8. The summed E-state index contributed by atoms with van der Waals surface area (Å²) >= 11 is 7.67. The fourth-order valence-corrected chi connectivity index (χ4v) is 5.81. The molecule has 0 saturated heterocycles. The lowest BCUT2D eigenvalue weighted by Crippen LogP contribution is -2.30. The van der Waals surface area contributed by atoms with Crippen LogP contribution in [0.4, 0.5) is 5.69 Å². The van der Waals surface area contributed by atoms with Gasteiger partial charge in [-0.25, -0.2) is 8.42 Å². The standard InChI is InChI=1S/C21H20ClN3O3S2/c22-19-16-9-3-4-10-17(16)29-20(19)21(26)24-14-7-6-8-15(13-14)30(27,28)25-18-11-2-1-5-12-23-18/h3-4,6-10,13H,1-2,5,11-12H2,(H,23,25)(H,24,26). The highest BCUT2D eigenvalue weighted by Crippen LogP contribution is 2.35. The molecule has 156 valence electrons. The Morgan fingerprint density at radius 3 is 2.73 bits per heavy atom. The molecule has 6 nitrogen and oxygen atoms in total. The van der Waals surface area contributed by atoms with Crippen LogP contribution in [-0.2, 0) is 10.0 Å². The minimum absolute atomic E-state index is 0.0645. The predicted octanol–water partition coefficient (Wildman–Crippen LogP) is 5.06. The molecular weight excluding hydrogens is 442 g/mol. The van der Waals surface area contributed by atoms with Gasteiger partial charge in [0.2, 0.25) is 0 Å². The topological polar surface area (TPSA) is 87.6 Å². The van der Waals surface area contributed by atoms with Gasteiger partial charge in [0.05, 0.1) is 9.92 Å². The predicted molar refractivity (Wildman–Crippen MR) is 122 cm³/mol. The third kappa shape index (κ3) is 4.50. The van der Waals surface area contributed by atoms with E-state index in [4.69, 9.17) is 11.6 Å². The van der Waals surface area contributed by atoms with E-state index in [1.54, 1.807) is 12.1 Å². The Kier molecular flexibility index (Phi) is 6.08. The molecule has 0 fully saturated rings. The van der Waals surface area contributed by atoms with Crippen LogP contribution in [0.25, 0.3) is 10.1 Å². The average Bonchev–Trinajstić information content (AvgIpc) is 2.88. The minimum Gasteiger partial charge on any atom is -0.321 e. The quantitative estimate of drug-likeness (QED) is 0.569. The van der Waals surface area contributed by atoms with Crippen LogP contribution in [0.15, 0.2) is 58.4 Å². The number of nitrogens with zero attached hydrogens (tertiary/aromatic N) is 1. The van der Waals surface area contributed by atoms with Gasteiger partial charge < -0.3 is 5.32 Å². The van der Waals surface area contributed by atoms with Gasteiger partial charge in [0.25, 0.3) is 15.9 Å². The third-order valence-corrected chi connectivity index (χ3v) is 7.82. The Bertz CT molecular complexity index is 1240. The highest BCUT2D eigenvalue weighted by Gasteiger charge is 2.20. The van der Waals surface area contributed by atoms with Gasteiger partial charge in [0.1, 0.15) is 10.7 Å². The number of amides is 1. The molecule has 0 unspecified atom stereocenters. The maximum atomic E-state index is 12.8. The van der Waals surface area contributed by atoms with Gasteiger partial charge in [0, 0.05) is 28.7 Å². The molecule has 0 bridgehead atoms. The second-order valence-corrected chi connectivity index (χ2v) is 10.1. The van der Waals surface area contributed by atoms with E-state index in [1.807, 2.05) is 24.3 Å². The molecule has 4 rings (SSSR count). The number of halogens is 1. The van der Waals surface area contributed by atoms with E-state index < -0.39 is 10.0 Å². The molecule has 1 aromatic heterocycles. The van der Waals surface area contributed by atoms with Gasteiger partial charge in [-0.05, 0) is 37.1 Å². The second kappa shape index (κ2) is 8.75. The van der Waals surface area contributed by atoms with Gasteiger partial charge in [-0.1, -0.05) is 42.3 Å². The minimum atomic E-state index is -3.78. The second-order valence-electron chi connectivity index (χ2n) is 6.97. The fourth-order valence-electron chi connectivity index (χ4n) is 3.26. The van der Waals surface area contributed by atoms with Crippen LogP contribution in [0.2, 0.25) is 5.02 Å². The lowest BCUT2D eigenvalue weighted by atomic mass is 10.2. The van der Waals surface area contributed by atoms with Crippen LogP contribution in [0.5, 0.6) is 0 Å². The van der Waals surface area contributed by atoms with Gasteiger partial charge in [0.15, 0.2) is 0 Å². The first-order valence-corrected chi connectivity index (χ1v) is 12.3. The number of anilines is 1. The lowest BCUT2D eigenvalue weighted by molar-refractivity contribution is 0.103. The summed E-state index contributed by atoms with van der Waals surface area (Å²) in [5, 5.41) is 3.96. The van der Waals surface area contributed by atoms with E-state index in [2.05, 4.69) is 15.0 Å². The number of hydrogen-bond acceptors (Lipinski definition) is 5. The number of hydrogen-bond donors (Lipinski definition) is 2. The van der Waals surface area contributed by atoms with Crippen molar-refractivity contribution >= 4 is 60.5 Å². The van der Waals surface area contributed by atoms with Gasteiger partial charge in [-0.15, -0.1) is 11.3 Å². The lowest BCUT2D eigenvalue weighted by Gasteiger charge is -2.11. The fraction of sp³-hybridized carbons (Fsp3) is 0.238. The van der Waals surface area contributed by atoms with E-state index in [0.717, 1.165) is 29.3 Å². The molecule has 2 aromatic carbocycles. The Balaban J connectivity index is 1.54. The number of nitrogens with one attached hydrogen (secondary N) is 2. The highest BCUT2D eigenvalue weighted by molar-refractivity contribution is 7.90. The maximum Gasteiger partial charge on any atom is 0.267 e. The number of carbonyl (C=O) groups is 1. The molecule has 1 aliphatic rings. The smallest absolute Gasteiger partial charge is 0.267 e. The largest absolute Gasteiger partial charge is 0.321 e. The summed E-state index contributed by atoms with van der Waals surface area (Å²) in [6, 6.07) is 13.7. The van der Waals surface area contributed by atoms with Crippen LogP contribution >= 0.6 is 22.9 Å². The number of carbonyl (C=O) groups excluding carboxylic acids is 1. The van der Waals surface area contributed by atoms with Crippen LogP contribution in [-0.4, -0.2) is 26.7 Å². The molecular formula is C21H20ClN3O3S2. The van der Waals surface area contributed by atoms with Crippen LogP contribution in [0.1, 0.15) is 35.4 Å². The molecule has 0 saturated carbocycles. The van der Waals surface area contributed by atoms with Crippen molar-refractivity contribution in [3.8, 4) is 0 Å². The Labute approximate surface area is 184 Å². The van der Waals surface area contributed by atoms with E-state index in [-0.39, 0.29) is 10.8 Å². The summed E-state index contributed by atoms with van der Waals surface area (Å²) < 4.78 is 29.0. The number of aliphatic imine (C=N–C) groups is 1. The zero-order chi connectivity index (χ0) is 21.1. The number of rotatable bonds is 4. The van der Waals surface area contributed by atoms with Gasteiger partial charge in [-0.3, -0.25) is 14.5 Å². The number of thiophene rings is 1. The molecule has 2 heterocycles. The molecule has 30 heavy (non-hydrogen) atoms. The van der Waals surface area contributed by atoms with E-state index in [1.165, 1.54) is 23.5 Å². The average molecular weight is 462 g/mol. The first kappa shape index (κ1) is 20.8. The number of amidine groups is 1. The highest BCUT2D eigenvalue weighted by atomic mass is 35.5. The van der Waals surface area contributed by atoms with Crippen molar-refractivity contribution in [3.05, 3.63) is 58.4 Å². The van der Waals surface area contributed by atoms with Crippen molar-refractivity contribution in [2.75, 3.05) is 11.9 Å². The van der Waals surface area contributed by atoms with Crippen molar-refractivity contribution in [2.45, 2.75) is 30.6 Å². The van der Waals surface area contributed by atoms with Crippen molar-refractivity contribution in [3.63, 3.8) is 0 Å². The molecule has 0 aliphatic carbocycles. The monoisotopic (exact) mass is 461 g/mol. The third-order valence-electron chi connectivity index (χ3n) is 4.77. The van der Waals surface area contributed by atoms with Crippen molar-refractivity contribution in [1.29, 1.82) is 0 Å². The SMILES string of the molecule is O=C(Nc1cccc(S(=O)(=O)NC2=NCCCCC2)c1)c1sc2ccccc2c1Cl. The molecule has 0 atom stereocenters. The van der Waals surface area contributed by atoms with Crippen molar-refractivity contribution in [2.24, 2.45) is 4.99 Å². The van der Waals surface area contributed by atoms with E-state index in [0.29, 0.717) is 34.4 Å². The number of fused-ring (bicyclic) bond motifs is 1. The van der Waals surface area contributed by atoms with Crippen molar-refractivity contribution in [1.82, 2.24) is 4.72 Å². The summed E-state index contributed by atoms with van der Waals surface area (Å²) in [5.74, 6) is 0.107. The van der Waals surface area contributed by atoms with Crippen molar-refractivity contribution < 1.29 is 13.2 Å². The summed E-state index contributed by atoms with van der Waals surface area (Å²) in [6.45, 7) is 0.629. The van der Waals surface area contributed by atoms with Crippen LogP contribution in [0.3, 0.4) is 0 Å². The van der Waals surface area contributed by atoms with E-state index >= 15 is 0 Å². The number of sulfonamides is 1. The number of benzene rings is 2. The Morgan fingerprint density at radius 2 is 1.90 bits per heavy atom. The normalized spacial score (nSPS) is 14.8. The summed E-state index contributed by atoms with van der Waals surface area (Å²) in [7, 11) is -3.78. The van der Waals surface area contributed by atoms with Crippen LogP contribution in [0, 0.1) is 0 Å². The zero-order valence-electron chi connectivity index (χ0n) is 16.0. The Morgan fingerprint density at radius 1 is 1.07 bits per heavy atom. The molecule has 2 N–H and O–H groups in total.